The summed E-state index contributed by atoms with van der Waals surface area (Å²) in [5.41, 5.74) is 3.47. The molecule has 0 bridgehead atoms. The maximum atomic E-state index is 13.1. The Morgan fingerprint density at radius 3 is 2.69 bits per heavy atom. The van der Waals surface area contributed by atoms with E-state index >= 15 is 0 Å². The van der Waals surface area contributed by atoms with Gasteiger partial charge in [0.15, 0.2) is 0 Å². The molecule has 0 radical (unpaired) electrons. The zero-order valence-electron chi connectivity index (χ0n) is 16.2. The number of aliphatic hydroxyl groups is 1. The van der Waals surface area contributed by atoms with Gasteiger partial charge in [0, 0.05) is 36.4 Å². The summed E-state index contributed by atoms with van der Waals surface area (Å²) in [6.45, 7) is 0.694. The summed E-state index contributed by atoms with van der Waals surface area (Å²) in [6, 6.07) is 11.7. The number of hydrogen-bond acceptors (Lipinski definition) is 4. The summed E-state index contributed by atoms with van der Waals surface area (Å²) in [6.07, 6.45) is 0.823. The Morgan fingerprint density at radius 2 is 1.97 bits per heavy atom. The third-order valence-electron chi connectivity index (χ3n) is 5.65. The lowest BCUT2D eigenvalue weighted by Crippen LogP contribution is -2.43. The first-order valence-corrected chi connectivity index (χ1v) is 9.68. The van der Waals surface area contributed by atoms with Crippen molar-refractivity contribution in [3.05, 3.63) is 65.0 Å². The number of fused-ring (bicyclic) bond motifs is 3. The van der Waals surface area contributed by atoms with Crippen LogP contribution in [0.2, 0.25) is 0 Å². The Bertz CT molecular complexity index is 964. The van der Waals surface area contributed by atoms with Crippen molar-refractivity contribution in [3.8, 4) is 11.8 Å². The molecule has 0 aliphatic carbocycles. The van der Waals surface area contributed by atoms with Crippen molar-refractivity contribution >= 4 is 11.6 Å². The molecule has 150 valence electrons. The topological polar surface area (TPSA) is 61.8 Å². The molecule has 1 amide bonds. The van der Waals surface area contributed by atoms with Gasteiger partial charge in [-0.3, -0.25) is 4.79 Å². The van der Waals surface area contributed by atoms with E-state index in [-0.39, 0.29) is 42.9 Å². The number of rotatable bonds is 3. The van der Waals surface area contributed by atoms with Crippen molar-refractivity contribution in [1.29, 1.82) is 0 Å². The van der Waals surface area contributed by atoms with Crippen molar-refractivity contribution in [1.82, 2.24) is 4.90 Å². The monoisotopic (exact) mass is 394 g/mol. The predicted octanol–water partition coefficient (Wildman–Crippen LogP) is 2.55. The third-order valence-corrected chi connectivity index (χ3v) is 5.65. The van der Waals surface area contributed by atoms with Crippen LogP contribution >= 0.6 is 0 Å². The molecule has 1 fully saturated rings. The molecule has 2 aliphatic heterocycles. The molecule has 2 N–H and O–H groups in total. The average Bonchev–Trinajstić information content (AvgIpc) is 3.18. The van der Waals surface area contributed by atoms with Crippen LogP contribution in [0.5, 0.6) is 0 Å². The van der Waals surface area contributed by atoms with E-state index in [1.165, 1.54) is 19.2 Å². The molecule has 2 aliphatic rings. The number of likely N-dealkylation sites (tertiary alicyclic amines) is 1. The lowest BCUT2D eigenvalue weighted by molar-refractivity contribution is -0.136. The molecule has 0 aromatic heterocycles. The van der Waals surface area contributed by atoms with Crippen LogP contribution in [-0.2, 0) is 9.53 Å². The Labute approximate surface area is 169 Å². The average molecular weight is 394 g/mol. The Morgan fingerprint density at radius 1 is 1.24 bits per heavy atom. The molecule has 1 saturated heterocycles. The molecule has 2 aromatic rings. The second-order valence-electron chi connectivity index (χ2n) is 7.41. The van der Waals surface area contributed by atoms with Crippen LogP contribution in [-0.4, -0.2) is 48.8 Å². The van der Waals surface area contributed by atoms with Gasteiger partial charge in [0.2, 0.25) is 5.91 Å². The minimum Gasteiger partial charge on any atom is -0.394 e. The molecular weight excluding hydrogens is 371 g/mol. The van der Waals surface area contributed by atoms with E-state index in [9.17, 15) is 14.3 Å². The maximum Gasteiger partial charge on any atom is 0.249 e. The standard InChI is InChI=1S/C23H23FN2O3/c1-29-14-22(28)26-11-10-18-21(13-27)25-20-9-6-16(12-19(20)23(18)26)3-2-15-4-7-17(24)8-5-15/h4-9,12,18,21,23,25,27H,10-11,13-14H2,1H3/t18-,21-,23-/m0/s1. The van der Waals surface area contributed by atoms with E-state index in [1.54, 1.807) is 12.1 Å². The van der Waals surface area contributed by atoms with Crippen LogP contribution in [0.4, 0.5) is 10.1 Å². The largest absolute Gasteiger partial charge is 0.394 e. The zero-order chi connectivity index (χ0) is 20.4. The number of hydrogen-bond donors (Lipinski definition) is 2. The third kappa shape index (κ3) is 3.84. The first-order chi connectivity index (χ1) is 14.1. The first kappa shape index (κ1) is 19.4. The van der Waals surface area contributed by atoms with Crippen LogP contribution in [0.15, 0.2) is 42.5 Å². The molecule has 3 atom stereocenters. The SMILES string of the molecule is COCC(=O)N1CC[C@H]2[C@H](CO)Nc3ccc(C#Cc4ccc(F)cc4)cc3[C@H]21. The molecule has 0 saturated carbocycles. The van der Waals surface area contributed by atoms with Gasteiger partial charge >= 0.3 is 0 Å². The predicted molar refractivity (Wildman–Crippen MR) is 108 cm³/mol. The van der Waals surface area contributed by atoms with Gasteiger partial charge in [0.05, 0.1) is 18.7 Å². The molecule has 2 heterocycles. The molecule has 5 nitrogen and oxygen atoms in total. The van der Waals surface area contributed by atoms with E-state index in [4.69, 9.17) is 4.74 Å². The summed E-state index contributed by atoms with van der Waals surface area (Å²) >= 11 is 0. The summed E-state index contributed by atoms with van der Waals surface area (Å²) in [5.74, 6) is 5.97. The van der Waals surface area contributed by atoms with Crippen LogP contribution in [0.25, 0.3) is 0 Å². The number of ether oxygens (including phenoxy) is 1. The normalized spacial score (nSPS) is 22.2. The van der Waals surface area contributed by atoms with Gasteiger partial charge in [-0.2, -0.15) is 0 Å². The minimum absolute atomic E-state index is 0.0129. The number of nitrogens with zero attached hydrogens (tertiary/aromatic N) is 1. The Balaban J connectivity index is 1.68. The Hall–Kier alpha value is -2.88. The highest BCUT2D eigenvalue weighted by atomic mass is 19.1. The van der Waals surface area contributed by atoms with Crippen molar-refractivity contribution in [2.24, 2.45) is 5.92 Å². The molecule has 6 heteroatoms. The van der Waals surface area contributed by atoms with Gasteiger partial charge < -0.3 is 20.1 Å². The van der Waals surface area contributed by atoms with Crippen molar-refractivity contribution < 1.29 is 19.0 Å². The number of methoxy groups -OCH3 is 1. The summed E-state index contributed by atoms with van der Waals surface area (Å²) in [7, 11) is 1.52. The van der Waals surface area contributed by atoms with Gasteiger partial charge in [0.1, 0.15) is 12.4 Å². The first-order valence-electron chi connectivity index (χ1n) is 9.68. The summed E-state index contributed by atoms with van der Waals surface area (Å²) in [4.78, 5) is 14.4. The van der Waals surface area contributed by atoms with Crippen LogP contribution < -0.4 is 5.32 Å². The number of nitrogens with one attached hydrogen (secondary N) is 1. The molecule has 29 heavy (non-hydrogen) atoms. The fourth-order valence-electron chi connectivity index (χ4n) is 4.30. The van der Waals surface area contributed by atoms with E-state index in [1.807, 2.05) is 23.1 Å². The molecule has 2 aromatic carbocycles. The lowest BCUT2D eigenvalue weighted by Gasteiger charge is -2.39. The second kappa shape index (κ2) is 8.24. The fourth-order valence-corrected chi connectivity index (χ4v) is 4.30. The minimum atomic E-state index is -0.290. The van der Waals surface area contributed by atoms with E-state index in [2.05, 4.69) is 17.2 Å². The smallest absolute Gasteiger partial charge is 0.249 e. The summed E-state index contributed by atoms with van der Waals surface area (Å²) in [5, 5.41) is 13.2. The number of aliphatic hydroxyl groups excluding tert-OH is 1. The van der Waals surface area contributed by atoms with E-state index < -0.39 is 0 Å². The van der Waals surface area contributed by atoms with Gasteiger partial charge in [-0.25, -0.2) is 4.39 Å². The van der Waals surface area contributed by atoms with Crippen LogP contribution in [0.1, 0.15) is 29.2 Å². The van der Waals surface area contributed by atoms with Gasteiger partial charge in [-0.15, -0.1) is 0 Å². The number of anilines is 1. The van der Waals surface area contributed by atoms with Gasteiger partial charge in [0.25, 0.3) is 0 Å². The maximum absolute atomic E-state index is 13.1. The lowest BCUT2D eigenvalue weighted by atomic mass is 9.82. The quantitative estimate of drug-likeness (QED) is 0.786. The second-order valence-corrected chi connectivity index (χ2v) is 7.41. The van der Waals surface area contributed by atoms with Crippen molar-refractivity contribution in [2.75, 3.05) is 32.2 Å². The highest BCUT2D eigenvalue weighted by Crippen LogP contribution is 2.46. The molecular formula is C23H23FN2O3. The molecule has 4 rings (SSSR count). The number of halogens is 1. The van der Waals surface area contributed by atoms with Gasteiger partial charge in [-0.05, 0) is 54.4 Å². The highest BCUT2D eigenvalue weighted by molar-refractivity contribution is 5.79. The van der Waals surface area contributed by atoms with Crippen molar-refractivity contribution in [2.45, 2.75) is 18.5 Å². The van der Waals surface area contributed by atoms with E-state index in [0.29, 0.717) is 6.54 Å². The number of carbonyl (C=O) groups excluding carboxylic acids is 1. The van der Waals surface area contributed by atoms with Crippen LogP contribution in [0, 0.1) is 23.6 Å². The fraction of sp³-hybridized carbons (Fsp3) is 0.348. The van der Waals surface area contributed by atoms with Crippen molar-refractivity contribution in [3.63, 3.8) is 0 Å². The molecule has 0 spiro atoms. The van der Waals surface area contributed by atoms with Crippen LogP contribution in [0.3, 0.4) is 0 Å². The Kier molecular flexibility index (Phi) is 5.52. The summed E-state index contributed by atoms with van der Waals surface area (Å²) < 4.78 is 18.1. The zero-order valence-corrected chi connectivity index (χ0v) is 16.2. The molecule has 0 unspecified atom stereocenters. The highest BCUT2D eigenvalue weighted by Gasteiger charge is 2.45. The van der Waals surface area contributed by atoms with E-state index in [0.717, 1.165) is 28.8 Å². The number of carbonyl (C=O) groups is 1. The number of benzene rings is 2. The van der Waals surface area contributed by atoms with Gasteiger partial charge in [-0.1, -0.05) is 11.8 Å². The number of amides is 1.